The molecule has 1 unspecified atom stereocenters. The summed E-state index contributed by atoms with van der Waals surface area (Å²) in [5.74, 6) is 0.0586. The van der Waals surface area contributed by atoms with Crippen LogP contribution in [0.15, 0.2) is 29.2 Å². The van der Waals surface area contributed by atoms with Crippen molar-refractivity contribution in [2.75, 3.05) is 5.88 Å². The SMILES string of the molecule is [C-]#[N+]CS(=O)c1ccc(C)cc1. The second kappa shape index (κ2) is 4.03. The number of rotatable bonds is 2. The van der Waals surface area contributed by atoms with Crippen LogP contribution in [0.25, 0.3) is 4.85 Å². The molecule has 0 aromatic heterocycles. The molecule has 0 amide bonds. The first-order chi connectivity index (χ1) is 5.74. The van der Waals surface area contributed by atoms with Crippen molar-refractivity contribution >= 4 is 10.8 Å². The molecule has 0 bridgehead atoms. The van der Waals surface area contributed by atoms with E-state index in [9.17, 15) is 4.21 Å². The highest BCUT2D eigenvalue weighted by Gasteiger charge is 2.03. The van der Waals surface area contributed by atoms with Crippen LogP contribution in [0.1, 0.15) is 5.56 Å². The first-order valence-electron chi connectivity index (χ1n) is 3.52. The largest absolute Gasteiger partial charge is 0.302 e. The molecule has 1 rings (SSSR count). The minimum absolute atomic E-state index is 0.0586. The predicted octanol–water partition coefficient (Wildman–Crippen LogP) is 1.98. The number of benzene rings is 1. The summed E-state index contributed by atoms with van der Waals surface area (Å²) in [4.78, 5) is 3.82. The summed E-state index contributed by atoms with van der Waals surface area (Å²) in [6.07, 6.45) is 0. The normalized spacial score (nSPS) is 12.0. The van der Waals surface area contributed by atoms with Crippen LogP contribution < -0.4 is 0 Å². The van der Waals surface area contributed by atoms with Crippen LogP contribution in [0.2, 0.25) is 0 Å². The molecular formula is C9H9NOS. The maximum atomic E-state index is 11.3. The summed E-state index contributed by atoms with van der Waals surface area (Å²) in [6.45, 7) is 8.53. The summed E-state index contributed by atoms with van der Waals surface area (Å²) >= 11 is 0. The average molecular weight is 179 g/mol. The molecule has 62 valence electrons. The highest BCUT2D eigenvalue weighted by Crippen LogP contribution is 2.08. The first-order valence-corrected chi connectivity index (χ1v) is 4.84. The minimum Gasteiger partial charge on any atom is -0.302 e. The molecule has 1 aromatic rings. The third-order valence-electron chi connectivity index (χ3n) is 1.47. The fraction of sp³-hybridized carbons (Fsp3) is 0.222. The average Bonchev–Trinajstić information content (AvgIpc) is 2.06. The molecule has 1 atom stereocenters. The zero-order valence-corrected chi connectivity index (χ0v) is 7.60. The molecule has 1 aromatic carbocycles. The maximum Gasteiger partial charge on any atom is 0.291 e. The van der Waals surface area contributed by atoms with Gasteiger partial charge < -0.3 is 4.85 Å². The third-order valence-corrected chi connectivity index (χ3v) is 2.63. The van der Waals surface area contributed by atoms with Crippen LogP contribution in [0.5, 0.6) is 0 Å². The van der Waals surface area contributed by atoms with Crippen LogP contribution >= 0.6 is 0 Å². The molecule has 2 nitrogen and oxygen atoms in total. The zero-order chi connectivity index (χ0) is 8.97. The zero-order valence-electron chi connectivity index (χ0n) is 6.78. The summed E-state index contributed by atoms with van der Waals surface area (Å²) in [5.41, 5.74) is 1.14. The van der Waals surface area contributed by atoms with E-state index in [-0.39, 0.29) is 5.88 Å². The lowest BCUT2D eigenvalue weighted by Gasteiger charge is -1.95. The lowest BCUT2D eigenvalue weighted by molar-refractivity contribution is 0.685. The van der Waals surface area contributed by atoms with E-state index in [4.69, 9.17) is 6.57 Å². The number of hydrogen-bond donors (Lipinski definition) is 0. The number of hydrogen-bond acceptors (Lipinski definition) is 1. The molecular weight excluding hydrogens is 170 g/mol. The summed E-state index contributed by atoms with van der Waals surface area (Å²) in [6, 6.07) is 7.40. The highest BCUT2D eigenvalue weighted by molar-refractivity contribution is 7.85. The first kappa shape index (κ1) is 8.95. The van der Waals surface area contributed by atoms with E-state index in [1.165, 1.54) is 0 Å². The Morgan fingerprint density at radius 1 is 1.42 bits per heavy atom. The van der Waals surface area contributed by atoms with Crippen LogP contribution in [-0.2, 0) is 10.8 Å². The topological polar surface area (TPSA) is 21.4 Å². The van der Waals surface area contributed by atoms with Crippen LogP contribution in [-0.4, -0.2) is 10.1 Å². The molecule has 0 radical (unpaired) electrons. The van der Waals surface area contributed by atoms with Crippen molar-refractivity contribution in [3.8, 4) is 0 Å². The summed E-state index contributed by atoms with van der Waals surface area (Å²) < 4.78 is 11.3. The van der Waals surface area contributed by atoms with Crippen molar-refractivity contribution in [1.29, 1.82) is 0 Å². The Balaban J connectivity index is 2.84. The van der Waals surface area contributed by atoms with Gasteiger partial charge in [-0.15, -0.1) is 0 Å². The molecule has 0 spiro atoms. The van der Waals surface area contributed by atoms with Crippen LogP contribution in [0.4, 0.5) is 0 Å². The number of aryl methyl sites for hydroxylation is 1. The van der Waals surface area contributed by atoms with Crippen LogP contribution in [0, 0.1) is 13.5 Å². The fourth-order valence-electron chi connectivity index (χ4n) is 0.823. The van der Waals surface area contributed by atoms with E-state index >= 15 is 0 Å². The van der Waals surface area contributed by atoms with E-state index in [0.717, 1.165) is 10.5 Å². The quantitative estimate of drug-likeness (QED) is 0.636. The van der Waals surface area contributed by atoms with Crippen molar-refractivity contribution in [2.24, 2.45) is 0 Å². The predicted molar refractivity (Wildman–Crippen MR) is 49.1 cm³/mol. The van der Waals surface area contributed by atoms with Gasteiger partial charge in [0.05, 0.1) is 0 Å². The van der Waals surface area contributed by atoms with Gasteiger partial charge in [0.15, 0.2) is 0 Å². The second-order valence-electron chi connectivity index (χ2n) is 2.45. The van der Waals surface area contributed by atoms with Crippen molar-refractivity contribution in [3.63, 3.8) is 0 Å². The van der Waals surface area contributed by atoms with Gasteiger partial charge in [-0.05, 0) is 19.1 Å². The van der Waals surface area contributed by atoms with Gasteiger partial charge in [-0.2, -0.15) is 0 Å². The van der Waals surface area contributed by atoms with Crippen molar-refractivity contribution in [3.05, 3.63) is 41.2 Å². The van der Waals surface area contributed by atoms with E-state index in [1.807, 2.05) is 19.1 Å². The third kappa shape index (κ3) is 2.18. The van der Waals surface area contributed by atoms with Gasteiger partial charge in [-0.1, -0.05) is 17.7 Å². The van der Waals surface area contributed by atoms with Crippen molar-refractivity contribution in [2.45, 2.75) is 11.8 Å². The molecule has 3 heteroatoms. The Morgan fingerprint density at radius 2 is 2.00 bits per heavy atom. The molecule has 0 fully saturated rings. The lowest BCUT2D eigenvalue weighted by Crippen LogP contribution is -1.92. The lowest BCUT2D eigenvalue weighted by atomic mass is 10.2. The maximum absolute atomic E-state index is 11.3. The van der Waals surface area contributed by atoms with Gasteiger partial charge in [0.1, 0.15) is 10.8 Å². The Labute approximate surface area is 74.5 Å². The Hall–Kier alpha value is -1.14. The van der Waals surface area contributed by atoms with E-state index in [1.54, 1.807) is 12.1 Å². The highest BCUT2D eigenvalue weighted by atomic mass is 32.2. The van der Waals surface area contributed by atoms with Crippen molar-refractivity contribution < 1.29 is 4.21 Å². The van der Waals surface area contributed by atoms with E-state index < -0.39 is 10.8 Å². The van der Waals surface area contributed by atoms with Gasteiger partial charge in [-0.3, -0.25) is 0 Å². The molecule has 0 saturated carbocycles. The van der Waals surface area contributed by atoms with E-state index in [2.05, 4.69) is 4.85 Å². The fourth-order valence-corrected chi connectivity index (χ4v) is 1.53. The Kier molecular flexibility index (Phi) is 3.01. The standard InChI is InChI=1S/C9H9NOS/c1-8-3-5-9(6-4-8)12(11)7-10-2/h3-6H,7H2,1H3. The summed E-state index contributed by atoms with van der Waals surface area (Å²) in [7, 11) is -1.15. The van der Waals surface area contributed by atoms with Gasteiger partial charge in [0.25, 0.3) is 5.88 Å². The Morgan fingerprint density at radius 3 is 2.50 bits per heavy atom. The Bertz CT molecular complexity index is 323. The van der Waals surface area contributed by atoms with Gasteiger partial charge >= 0.3 is 0 Å². The molecule has 0 saturated heterocycles. The minimum atomic E-state index is -1.15. The second-order valence-corrected chi connectivity index (χ2v) is 3.87. The smallest absolute Gasteiger partial charge is 0.291 e. The molecule has 0 aliphatic carbocycles. The van der Waals surface area contributed by atoms with E-state index in [0.29, 0.717) is 0 Å². The van der Waals surface area contributed by atoms with Gasteiger partial charge in [0, 0.05) is 4.90 Å². The summed E-state index contributed by atoms with van der Waals surface area (Å²) in [5, 5.41) is 0. The van der Waals surface area contributed by atoms with Crippen molar-refractivity contribution in [1.82, 2.24) is 0 Å². The molecule has 0 aliphatic heterocycles. The molecule has 0 N–H and O–H groups in total. The molecule has 12 heavy (non-hydrogen) atoms. The van der Waals surface area contributed by atoms with Gasteiger partial charge in [0.2, 0.25) is 0 Å². The van der Waals surface area contributed by atoms with Gasteiger partial charge in [-0.25, -0.2) is 10.8 Å². The van der Waals surface area contributed by atoms with Crippen LogP contribution in [0.3, 0.4) is 0 Å². The molecule has 0 heterocycles. The molecule has 0 aliphatic rings. The number of nitrogens with zero attached hydrogens (tertiary/aromatic N) is 1. The monoisotopic (exact) mass is 179 g/mol.